The van der Waals surface area contributed by atoms with Gasteiger partial charge in [0.25, 0.3) is 0 Å². The summed E-state index contributed by atoms with van der Waals surface area (Å²) in [7, 11) is -3.67. The van der Waals surface area contributed by atoms with Crippen molar-refractivity contribution in [2.75, 3.05) is 0 Å². The van der Waals surface area contributed by atoms with Crippen LogP contribution in [0.3, 0.4) is 0 Å². The van der Waals surface area contributed by atoms with E-state index in [0.717, 1.165) is 4.47 Å². The van der Waals surface area contributed by atoms with Crippen molar-refractivity contribution in [3.63, 3.8) is 0 Å². The number of hydrogen-bond donors (Lipinski definition) is 1. The van der Waals surface area contributed by atoms with Gasteiger partial charge in [-0.25, -0.2) is 13.6 Å². The lowest BCUT2D eigenvalue weighted by atomic mass is 10.3. The number of ether oxygens (including phenoxy) is 1. The molecule has 0 saturated carbocycles. The lowest BCUT2D eigenvalue weighted by Gasteiger charge is -2.06. The summed E-state index contributed by atoms with van der Waals surface area (Å²) in [5, 5.41) is 4.99. The second-order valence-corrected chi connectivity index (χ2v) is 5.93. The minimum atomic E-state index is -3.67. The highest BCUT2D eigenvalue weighted by atomic mass is 79.9. The number of hydrogen-bond acceptors (Lipinski definition) is 4. The molecule has 18 heavy (non-hydrogen) atoms. The summed E-state index contributed by atoms with van der Waals surface area (Å²) in [5.41, 5.74) is 0. The first-order chi connectivity index (χ1) is 8.45. The Bertz CT molecular complexity index is 656. The van der Waals surface area contributed by atoms with Crippen molar-refractivity contribution >= 4 is 26.0 Å². The van der Waals surface area contributed by atoms with Crippen LogP contribution in [0.15, 0.2) is 52.1 Å². The Balaban J connectivity index is 2.21. The van der Waals surface area contributed by atoms with Crippen molar-refractivity contribution in [1.82, 2.24) is 4.98 Å². The van der Waals surface area contributed by atoms with E-state index in [1.54, 1.807) is 18.5 Å². The molecule has 0 aliphatic rings. The van der Waals surface area contributed by atoms with E-state index in [4.69, 9.17) is 9.88 Å². The molecular weight excluding hydrogens is 320 g/mol. The van der Waals surface area contributed by atoms with E-state index in [1.165, 1.54) is 24.3 Å². The lowest BCUT2D eigenvalue weighted by Crippen LogP contribution is -2.11. The highest BCUT2D eigenvalue weighted by Crippen LogP contribution is 2.24. The molecule has 5 nitrogen and oxygen atoms in total. The Morgan fingerprint density at radius 2 is 1.78 bits per heavy atom. The molecule has 0 aliphatic carbocycles. The summed E-state index contributed by atoms with van der Waals surface area (Å²) in [6.07, 6.45) is 3.19. The van der Waals surface area contributed by atoms with Gasteiger partial charge in [0.1, 0.15) is 11.5 Å². The van der Waals surface area contributed by atoms with Crippen molar-refractivity contribution in [3.05, 3.63) is 47.2 Å². The maximum Gasteiger partial charge on any atom is 0.238 e. The average Bonchev–Trinajstić information content (AvgIpc) is 2.28. The molecule has 0 atom stereocenters. The van der Waals surface area contributed by atoms with Crippen molar-refractivity contribution < 1.29 is 13.2 Å². The number of pyridine rings is 1. The number of halogens is 1. The molecule has 0 unspecified atom stereocenters. The molecular formula is C11H9BrN2O3S. The SMILES string of the molecule is NS(=O)(=O)c1ccc(Oc2cncc(Br)c2)cc1. The van der Waals surface area contributed by atoms with Gasteiger partial charge in [-0.05, 0) is 46.3 Å². The fraction of sp³-hybridized carbons (Fsp3) is 0. The first-order valence-corrected chi connectivity index (χ1v) is 7.20. The number of nitrogens with two attached hydrogens (primary N) is 1. The maximum atomic E-state index is 11.1. The molecule has 0 saturated heterocycles. The minimum Gasteiger partial charge on any atom is -0.456 e. The highest BCUT2D eigenvalue weighted by Gasteiger charge is 2.07. The summed E-state index contributed by atoms with van der Waals surface area (Å²) in [6, 6.07) is 7.58. The molecule has 0 bridgehead atoms. The van der Waals surface area contributed by atoms with Gasteiger partial charge >= 0.3 is 0 Å². The molecule has 2 N–H and O–H groups in total. The van der Waals surface area contributed by atoms with Crippen LogP contribution in [-0.2, 0) is 10.0 Å². The van der Waals surface area contributed by atoms with Crippen LogP contribution in [-0.4, -0.2) is 13.4 Å². The van der Waals surface area contributed by atoms with Crippen molar-refractivity contribution in [2.24, 2.45) is 5.14 Å². The van der Waals surface area contributed by atoms with Gasteiger partial charge in [0.05, 0.1) is 11.1 Å². The zero-order valence-electron chi connectivity index (χ0n) is 9.08. The second kappa shape index (κ2) is 5.05. The van der Waals surface area contributed by atoms with Crippen LogP contribution in [0.4, 0.5) is 0 Å². The third kappa shape index (κ3) is 3.28. The van der Waals surface area contributed by atoms with Crippen LogP contribution in [0.1, 0.15) is 0 Å². The van der Waals surface area contributed by atoms with E-state index < -0.39 is 10.0 Å². The van der Waals surface area contributed by atoms with Crippen LogP contribution in [0.5, 0.6) is 11.5 Å². The number of aromatic nitrogens is 1. The van der Waals surface area contributed by atoms with E-state index >= 15 is 0 Å². The summed E-state index contributed by atoms with van der Waals surface area (Å²) in [6.45, 7) is 0. The van der Waals surface area contributed by atoms with Crippen LogP contribution in [0.2, 0.25) is 0 Å². The second-order valence-electron chi connectivity index (χ2n) is 3.46. The molecule has 2 rings (SSSR count). The van der Waals surface area contributed by atoms with E-state index in [1.807, 2.05) is 0 Å². The molecule has 0 radical (unpaired) electrons. The number of sulfonamides is 1. The van der Waals surface area contributed by atoms with E-state index in [2.05, 4.69) is 20.9 Å². The normalized spacial score (nSPS) is 11.2. The Morgan fingerprint density at radius 1 is 1.11 bits per heavy atom. The van der Waals surface area contributed by atoms with Gasteiger partial charge in [-0.15, -0.1) is 0 Å². The highest BCUT2D eigenvalue weighted by molar-refractivity contribution is 9.10. The van der Waals surface area contributed by atoms with Crippen molar-refractivity contribution in [1.29, 1.82) is 0 Å². The molecule has 2 aromatic rings. The van der Waals surface area contributed by atoms with Gasteiger partial charge in [0, 0.05) is 10.7 Å². The maximum absolute atomic E-state index is 11.1. The Morgan fingerprint density at radius 3 is 2.33 bits per heavy atom. The van der Waals surface area contributed by atoms with Crippen molar-refractivity contribution in [3.8, 4) is 11.5 Å². The Labute approximate surface area is 113 Å². The molecule has 94 valence electrons. The molecule has 1 aromatic carbocycles. The van der Waals surface area contributed by atoms with Crippen LogP contribution < -0.4 is 9.88 Å². The molecule has 1 aromatic heterocycles. The predicted molar refractivity (Wildman–Crippen MR) is 69.8 cm³/mol. The van der Waals surface area contributed by atoms with E-state index in [-0.39, 0.29) is 4.90 Å². The number of rotatable bonds is 3. The number of nitrogens with zero attached hydrogens (tertiary/aromatic N) is 1. The monoisotopic (exact) mass is 328 g/mol. The minimum absolute atomic E-state index is 0.0437. The molecule has 0 aliphatic heterocycles. The largest absolute Gasteiger partial charge is 0.456 e. The molecule has 0 fully saturated rings. The third-order valence-electron chi connectivity index (χ3n) is 2.07. The summed E-state index contributed by atoms with van der Waals surface area (Å²) < 4.78 is 28.4. The summed E-state index contributed by atoms with van der Waals surface area (Å²) in [5.74, 6) is 1.05. The molecule has 0 amide bonds. The summed E-state index contributed by atoms with van der Waals surface area (Å²) in [4.78, 5) is 3.99. The molecule has 1 heterocycles. The first kappa shape index (κ1) is 13.0. The van der Waals surface area contributed by atoms with Gasteiger partial charge in [-0.3, -0.25) is 4.98 Å². The van der Waals surface area contributed by atoms with Gasteiger partial charge in [0.15, 0.2) is 0 Å². The standard InChI is InChI=1S/C11H9BrN2O3S/c12-8-5-10(7-14-6-8)17-9-1-3-11(4-2-9)18(13,15)16/h1-7H,(H2,13,15,16). The van der Waals surface area contributed by atoms with Gasteiger partial charge < -0.3 is 4.74 Å². The van der Waals surface area contributed by atoms with Crippen LogP contribution in [0, 0.1) is 0 Å². The zero-order valence-corrected chi connectivity index (χ0v) is 11.5. The Hall–Kier alpha value is -1.44. The van der Waals surface area contributed by atoms with Gasteiger partial charge in [-0.2, -0.15) is 0 Å². The fourth-order valence-corrected chi connectivity index (χ4v) is 2.14. The lowest BCUT2D eigenvalue weighted by molar-refractivity contribution is 0.479. The summed E-state index contributed by atoms with van der Waals surface area (Å²) >= 11 is 3.27. The van der Waals surface area contributed by atoms with E-state index in [0.29, 0.717) is 11.5 Å². The topological polar surface area (TPSA) is 82.3 Å². The predicted octanol–water partition coefficient (Wildman–Crippen LogP) is 2.28. The van der Waals surface area contributed by atoms with Gasteiger partial charge in [-0.1, -0.05) is 0 Å². The van der Waals surface area contributed by atoms with Gasteiger partial charge in [0.2, 0.25) is 10.0 Å². The average molecular weight is 329 g/mol. The smallest absolute Gasteiger partial charge is 0.238 e. The van der Waals surface area contributed by atoms with Crippen LogP contribution >= 0.6 is 15.9 Å². The zero-order chi connectivity index (χ0) is 13.2. The van der Waals surface area contributed by atoms with Crippen molar-refractivity contribution in [2.45, 2.75) is 4.90 Å². The van der Waals surface area contributed by atoms with Crippen LogP contribution in [0.25, 0.3) is 0 Å². The third-order valence-corrected chi connectivity index (χ3v) is 3.43. The Kier molecular flexibility index (Phi) is 3.65. The molecule has 7 heteroatoms. The number of benzene rings is 1. The number of primary sulfonamides is 1. The van der Waals surface area contributed by atoms with E-state index in [9.17, 15) is 8.42 Å². The molecule has 0 spiro atoms. The first-order valence-electron chi connectivity index (χ1n) is 4.86. The fourth-order valence-electron chi connectivity index (χ4n) is 1.28. The quantitative estimate of drug-likeness (QED) is 0.936.